The van der Waals surface area contributed by atoms with E-state index in [1.54, 1.807) is 6.26 Å². The smallest absolute Gasteiger partial charge is 0.107 e. The first kappa shape index (κ1) is 12.2. The third-order valence-electron chi connectivity index (χ3n) is 1.61. The van der Waals surface area contributed by atoms with Crippen molar-refractivity contribution in [3.8, 4) is 0 Å². The zero-order valence-corrected chi connectivity index (χ0v) is 8.99. The molecule has 0 saturated carbocycles. The molecule has 2 nitrogen and oxygen atoms in total. The molecule has 0 saturated heterocycles. The second-order valence-electron chi connectivity index (χ2n) is 2.75. The first-order chi connectivity index (χ1) is 6.35. The van der Waals surface area contributed by atoms with E-state index in [-0.39, 0.29) is 0 Å². The Kier molecular flexibility index (Phi) is 8.78. The molecule has 0 N–H and O–H groups in total. The molecule has 0 aliphatic rings. The van der Waals surface area contributed by atoms with Crippen LogP contribution in [0.4, 0.5) is 0 Å². The number of rotatable bonds is 7. The van der Waals surface area contributed by atoms with Crippen molar-refractivity contribution in [3.05, 3.63) is 24.5 Å². The van der Waals surface area contributed by atoms with Gasteiger partial charge in [0, 0.05) is 6.54 Å². The maximum Gasteiger partial charge on any atom is 0.107 e. The zero-order chi connectivity index (χ0) is 9.94. The van der Waals surface area contributed by atoms with E-state index in [4.69, 9.17) is 4.84 Å². The van der Waals surface area contributed by atoms with Crippen molar-refractivity contribution in [2.45, 2.75) is 33.6 Å². The van der Waals surface area contributed by atoms with Crippen LogP contribution in [0.15, 0.2) is 24.5 Å². The molecular formula is C11H21NO. The topological polar surface area (TPSA) is 12.5 Å². The van der Waals surface area contributed by atoms with Gasteiger partial charge in [0.25, 0.3) is 0 Å². The van der Waals surface area contributed by atoms with Crippen molar-refractivity contribution in [2.24, 2.45) is 0 Å². The van der Waals surface area contributed by atoms with Crippen LogP contribution < -0.4 is 0 Å². The van der Waals surface area contributed by atoms with E-state index in [9.17, 15) is 0 Å². The monoisotopic (exact) mass is 183 g/mol. The molecule has 0 unspecified atom stereocenters. The Morgan fingerprint density at radius 2 is 1.69 bits per heavy atom. The van der Waals surface area contributed by atoms with Gasteiger partial charge in [0.1, 0.15) is 6.26 Å². The number of hydrogen-bond acceptors (Lipinski definition) is 2. The number of hydrogen-bond donors (Lipinski definition) is 0. The Bertz CT molecular complexity index is 136. The third kappa shape index (κ3) is 7.60. The maximum atomic E-state index is 5.38. The molecule has 2 heteroatoms. The van der Waals surface area contributed by atoms with Gasteiger partial charge in [0.15, 0.2) is 0 Å². The van der Waals surface area contributed by atoms with Crippen molar-refractivity contribution in [1.82, 2.24) is 5.06 Å². The van der Waals surface area contributed by atoms with Gasteiger partial charge in [-0.3, -0.25) is 0 Å². The van der Waals surface area contributed by atoms with E-state index < -0.39 is 0 Å². The largest absolute Gasteiger partial charge is 0.414 e. The van der Waals surface area contributed by atoms with Crippen LogP contribution in [-0.2, 0) is 4.84 Å². The molecular weight excluding hydrogens is 162 g/mol. The molecule has 0 heterocycles. The normalized spacial score (nSPS) is 12.0. The van der Waals surface area contributed by atoms with E-state index in [1.807, 2.05) is 11.1 Å². The molecule has 0 rings (SSSR count). The summed E-state index contributed by atoms with van der Waals surface area (Å²) in [7, 11) is 0. The summed E-state index contributed by atoms with van der Waals surface area (Å²) < 4.78 is 0. The average Bonchev–Trinajstić information content (AvgIpc) is 2.16. The molecule has 0 aromatic carbocycles. The van der Waals surface area contributed by atoms with Crippen molar-refractivity contribution >= 4 is 0 Å². The van der Waals surface area contributed by atoms with E-state index in [0.717, 1.165) is 25.9 Å². The SMILES string of the molecule is CCC=CCN(CC)OC=CCC. The van der Waals surface area contributed by atoms with Gasteiger partial charge in [-0.05, 0) is 25.8 Å². The van der Waals surface area contributed by atoms with Gasteiger partial charge < -0.3 is 4.84 Å². The molecule has 0 aliphatic carbocycles. The van der Waals surface area contributed by atoms with Crippen LogP contribution in [0, 0.1) is 0 Å². The summed E-state index contributed by atoms with van der Waals surface area (Å²) in [5.74, 6) is 0. The zero-order valence-electron chi connectivity index (χ0n) is 8.99. The lowest BCUT2D eigenvalue weighted by atomic mass is 10.4. The molecule has 0 amide bonds. The molecule has 0 aliphatic heterocycles. The number of hydroxylamine groups is 2. The van der Waals surface area contributed by atoms with E-state index in [1.165, 1.54) is 0 Å². The van der Waals surface area contributed by atoms with Gasteiger partial charge in [-0.25, -0.2) is 0 Å². The Morgan fingerprint density at radius 3 is 2.23 bits per heavy atom. The number of allylic oxidation sites excluding steroid dienone is 2. The summed E-state index contributed by atoms with van der Waals surface area (Å²) in [6.45, 7) is 8.07. The summed E-state index contributed by atoms with van der Waals surface area (Å²) in [5, 5.41) is 1.92. The lowest BCUT2D eigenvalue weighted by molar-refractivity contribution is -0.0892. The minimum absolute atomic E-state index is 0.860. The molecule has 0 spiro atoms. The number of nitrogens with zero attached hydrogens (tertiary/aromatic N) is 1. The standard InChI is InChI=1S/C11H21NO/c1-4-7-9-10-12(6-3)13-11-8-5-2/h7-9,11H,4-6,10H2,1-3H3. The van der Waals surface area contributed by atoms with Crippen molar-refractivity contribution in [2.75, 3.05) is 13.1 Å². The summed E-state index contributed by atoms with van der Waals surface area (Å²) in [6.07, 6.45) is 10.1. The molecule has 0 aromatic heterocycles. The van der Waals surface area contributed by atoms with Crippen molar-refractivity contribution in [3.63, 3.8) is 0 Å². The summed E-state index contributed by atoms with van der Waals surface area (Å²) >= 11 is 0. The third-order valence-corrected chi connectivity index (χ3v) is 1.61. The molecule has 13 heavy (non-hydrogen) atoms. The van der Waals surface area contributed by atoms with Crippen LogP contribution in [0.25, 0.3) is 0 Å². The fraction of sp³-hybridized carbons (Fsp3) is 0.636. The Balaban J connectivity index is 3.62. The highest BCUT2D eigenvalue weighted by Gasteiger charge is 1.95. The second-order valence-corrected chi connectivity index (χ2v) is 2.75. The highest BCUT2D eigenvalue weighted by molar-refractivity contribution is 4.82. The van der Waals surface area contributed by atoms with Gasteiger partial charge in [-0.2, -0.15) is 0 Å². The van der Waals surface area contributed by atoms with Crippen LogP contribution >= 0.6 is 0 Å². The quantitative estimate of drug-likeness (QED) is 0.341. The molecule has 76 valence electrons. The summed E-state index contributed by atoms with van der Waals surface area (Å²) in [5.41, 5.74) is 0. The average molecular weight is 183 g/mol. The second kappa shape index (κ2) is 9.33. The lowest BCUT2D eigenvalue weighted by Crippen LogP contribution is -2.21. The van der Waals surface area contributed by atoms with Crippen LogP contribution in [0.2, 0.25) is 0 Å². The van der Waals surface area contributed by atoms with Gasteiger partial charge in [0.2, 0.25) is 0 Å². The Hall–Kier alpha value is -0.760. The molecule has 0 aromatic rings. The fourth-order valence-corrected chi connectivity index (χ4v) is 0.831. The highest BCUT2D eigenvalue weighted by atomic mass is 16.7. The Labute approximate surface area is 81.8 Å². The van der Waals surface area contributed by atoms with Gasteiger partial charge in [-0.15, -0.1) is 5.06 Å². The minimum atomic E-state index is 0.860. The van der Waals surface area contributed by atoms with E-state index >= 15 is 0 Å². The Morgan fingerprint density at radius 1 is 1.00 bits per heavy atom. The predicted molar refractivity (Wildman–Crippen MR) is 57.2 cm³/mol. The molecule has 0 bridgehead atoms. The number of likely N-dealkylation sites (N-methyl/N-ethyl adjacent to an activating group) is 1. The molecule has 0 radical (unpaired) electrons. The van der Waals surface area contributed by atoms with Crippen LogP contribution in [0.3, 0.4) is 0 Å². The maximum absolute atomic E-state index is 5.38. The fourth-order valence-electron chi connectivity index (χ4n) is 0.831. The minimum Gasteiger partial charge on any atom is -0.414 e. The van der Waals surface area contributed by atoms with Gasteiger partial charge in [0.05, 0.1) is 6.54 Å². The van der Waals surface area contributed by atoms with Crippen molar-refractivity contribution < 1.29 is 4.84 Å². The molecule has 0 atom stereocenters. The van der Waals surface area contributed by atoms with Crippen molar-refractivity contribution in [1.29, 1.82) is 0 Å². The molecule has 0 fully saturated rings. The van der Waals surface area contributed by atoms with Crippen LogP contribution in [0.1, 0.15) is 33.6 Å². The lowest BCUT2D eigenvalue weighted by Gasteiger charge is -2.15. The first-order valence-corrected chi connectivity index (χ1v) is 5.06. The van der Waals surface area contributed by atoms with Gasteiger partial charge >= 0.3 is 0 Å². The predicted octanol–water partition coefficient (Wildman–Crippen LogP) is 3.13. The summed E-state index contributed by atoms with van der Waals surface area (Å²) in [4.78, 5) is 5.38. The van der Waals surface area contributed by atoms with E-state index in [0.29, 0.717) is 0 Å². The highest BCUT2D eigenvalue weighted by Crippen LogP contribution is 1.93. The van der Waals surface area contributed by atoms with E-state index in [2.05, 4.69) is 32.9 Å². The van der Waals surface area contributed by atoms with Gasteiger partial charge in [-0.1, -0.05) is 26.0 Å². The first-order valence-electron chi connectivity index (χ1n) is 5.06. The summed E-state index contributed by atoms with van der Waals surface area (Å²) in [6, 6.07) is 0. The van der Waals surface area contributed by atoms with Crippen LogP contribution in [-0.4, -0.2) is 18.2 Å². The van der Waals surface area contributed by atoms with Crippen LogP contribution in [0.5, 0.6) is 0 Å².